The molecule has 2 bridgehead atoms. The number of anilines is 1. The minimum atomic E-state index is -1.37. The number of amides is 2. The van der Waals surface area contributed by atoms with Gasteiger partial charge in [-0.3, -0.25) is 9.59 Å². The van der Waals surface area contributed by atoms with Crippen molar-refractivity contribution in [1.82, 2.24) is 0 Å². The fraction of sp³-hybridized carbons (Fsp3) is 0.353. The van der Waals surface area contributed by atoms with Crippen LogP contribution in [-0.2, 0) is 9.59 Å². The van der Waals surface area contributed by atoms with E-state index in [2.05, 4.69) is 0 Å². The molecule has 3 aliphatic rings. The molecule has 118 valence electrons. The molecule has 1 aromatic rings. The van der Waals surface area contributed by atoms with E-state index < -0.39 is 5.97 Å². The van der Waals surface area contributed by atoms with Gasteiger partial charge in [0.2, 0.25) is 11.8 Å². The van der Waals surface area contributed by atoms with Crippen LogP contribution in [0.25, 0.3) is 0 Å². The first-order chi connectivity index (χ1) is 11.0. The Labute approximate surface area is 132 Å². The second kappa shape index (κ2) is 4.68. The Kier molecular flexibility index (Phi) is 2.85. The van der Waals surface area contributed by atoms with Gasteiger partial charge in [-0.15, -0.1) is 0 Å². The molecule has 0 radical (unpaired) electrons. The van der Waals surface area contributed by atoms with Gasteiger partial charge in [-0.2, -0.15) is 0 Å². The van der Waals surface area contributed by atoms with E-state index in [-0.39, 0.29) is 52.5 Å². The predicted molar refractivity (Wildman–Crippen MR) is 77.5 cm³/mol. The van der Waals surface area contributed by atoms with Crippen molar-refractivity contribution in [2.75, 3.05) is 12.0 Å². The van der Waals surface area contributed by atoms with Crippen LogP contribution >= 0.6 is 0 Å². The quantitative estimate of drug-likeness (QED) is 0.594. The van der Waals surface area contributed by atoms with Gasteiger partial charge in [-0.05, 0) is 42.0 Å². The van der Waals surface area contributed by atoms with Crippen LogP contribution in [0.15, 0.2) is 30.4 Å². The topological polar surface area (TPSA) is 86.7 Å². The molecule has 1 heterocycles. The molecule has 2 amide bonds. The van der Waals surface area contributed by atoms with E-state index in [0.29, 0.717) is 0 Å². The van der Waals surface area contributed by atoms with Crippen LogP contribution in [0.2, 0.25) is 0 Å². The molecule has 0 aromatic heterocycles. The lowest BCUT2D eigenvalue weighted by atomic mass is 9.85. The number of hydrogen-bond acceptors (Lipinski definition) is 5. The zero-order chi connectivity index (χ0) is 16.3. The second-order valence-electron chi connectivity index (χ2n) is 6.19. The zero-order valence-electron chi connectivity index (χ0n) is 12.4. The fourth-order valence-electron chi connectivity index (χ4n) is 4.13. The van der Waals surface area contributed by atoms with E-state index in [0.717, 1.165) is 11.3 Å². The molecular weight excluding hydrogens is 298 g/mol. The Hall–Kier alpha value is -2.63. The maximum Gasteiger partial charge on any atom is 0.238 e. The first-order valence-corrected chi connectivity index (χ1v) is 7.48. The minimum absolute atomic E-state index is 0.0976. The highest BCUT2D eigenvalue weighted by molar-refractivity contribution is 6.23. The lowest BCUT2D eigenvalue weighted by molar-refractivity contribution is -0.255. The van der Waals surface area contributed by atoms with Crippen LogP contribution in [0.3, 0.4) is 0 Å². The van der Waals surface area contributed by atoms with E-state index in [1.807, 2.05) is 12.2 Å². The Morgan fingerprint density at radius 3 is 2.30 bits per heavy atom. The summed E-state index contributed by atoms with van der Waals surface area (Å²) in [5, 5.41) is 11.1. The largest absolute Gasteiger partial charge is 0.545 e. The lowest BCUT2D eigenvalue weighted by Gasteiger charge is -2.21. The van der Waals surface area contributed by atoms with Crippen molar-refractivity contribution in [3.63, 3.8) is 0 Å². The summed E-state index contributed by atoms with van der Waals surface area (Å²) in [6.07, 6.45) is 4.86. The molecule has 0 N–H and O–H groups in total. The van der Waals surface area contributed by atoms with Gasteiger partial charge >= 0.3 is 0 Å². The van der Waals surface area contributed by atoms with Crippen LogP contribution in [0, 0.1) is 23.7 Å². The standard InChI is InChI=1S/C17H15NO5/c1-23-12-5-4-10(17(21)22)7-11(12)18-15(19)13-8-2-3-9(6-8)14(13)16(18)20/h2-5,7-9,13-14H,6H2,1H3,(H,21,22)/p-1. The Balaban J connectivity index is 1.80. The van der Waals surface area contributed by atoms with Crippen molar-refractivity contribution in [3.05, 3.63) is 35.9 Å². The lowest BCUT2D eigenvalue weighted by Crippen LogP contribution is -2.33. The maximum atomic E-state index is 12.8. The first-order valence-electron chi connectivity index (χ1n) is 7.48. The third kappa shape index (κ3) is 1.78. The zero-order valence-corrected chi connectivity index (χ0v) is 12.4. The third-order valence-electron chi connectivity index (χ3n) is 5.13. The van der Waals surface area contributed by atoms with E-state index in [9.17, 15) is 19.5 Å². The average molecular weight is 312 g/mol. The van der Waals surface area contributed by atoms with Gasteiger partial charge in [-0.1, -0.05) is 12.2 Å². The van der Waals surface area contributed by atoms with E-state index in [1.54, 1.807) is 0 Å². The monoisotopic (exact) mass is 312 g/mol. The van der Waals surface area contributed by atoms with Crippen LogP contribution in [-0.4, -0.2) is 24.9 Å². The Bertz CT molecular complexity index is 738. The van der Waals surface area contributed by atoms with Crippen LogP contribution in [0.1, 0.15) is 16.8 Å². The molecular formula is C17H14NO5-. The third-order valence-corrected chi connectivity index (χ3v) is 5.13. The molecule has 2 aliphatic carbocycles. The highest BCUT2D eigenvalue weighted by Crippen LogP contribution is 2.53. The summed E-state index contributed by atoms with van der Waals surface area (Å²) < 4.78 is 5.21. The maximum absolute atomic E-state index is 12.8. The number of carboxylic acid groups (broad SMARTS) is 1. The number of methoxy groups -OCH3 is 1. The van der Waals surface area contributed by atoms with E-state index in [1.165, 1.54) is 25.3 Å². The Morgan fingerprint density at radius 2 is 1.78 bits per heavy atom. The summed E-state index contributed by atoms with van der Waals surface area (Å²) in [5.41, 5.74) is 0.0811. The molecule has 1 saturated carbocycles. The van der Waals surface area contributed by atoms with Crippen molar-refractivity contribution in [2.45, 2.75) is 6.42 Å². The first kappa shape index (κ1) is 14.0. The summed E-state index contributed by atoms with van der Waals surface area (Å²) in [7, 11) is 1.41. The van der Waals surface area contributed by atoms with Gasteiger partial charge in [0.25, 0.3) is 0 Å². The molecule has 1 saturated heterocycles. The SMILES string of the molecule is COc1ccc(C(=O)[O-])cc1N1C(=O)C2C3C=CC(C3)C2C1=O. The van der Waals surface area contributed by atoms with Gasteiger partial charge in [0.05, 0.1) is 30.6 Å². The van der Waals surface area contributed by atoms with Crippen molar-refractivity contribution in [3.8, 4) is 5.75 Å². The average Bonchev–Trinajstić information content (AvgIpc) is 3.21. The molecule has 0 spiro atoms. The van der Waals surface area contributed by atoms with Gasteiger partial charge in [0, 0.05) is 0 Å². The predicted octanol–water partition coefficient (Wildman–Crippen LogP) is 0.370. The second-order valence-corrected chi connectivity index (χ2v) is 6.19. The summed E-state index contributed by atoms with van der Waals surface area (Å²) in [6, 6.07) is 4.02. The van der Waals surface area contributed by atoms with Gasteiger partial charge in [0.15, 0.2) is 0 Å². The van der Waals surface area contributed by atoms with E-state index >= 15 is 0 Å². The molecule has 4 unspecified atom stereocenters. The molecule has 4 atom stereocenters. The molecule has 23 heavy (non-hydrogen) atoms. The van der Waals surface area contributed by atoms with Crippen molar-refractivity contribution < 1.29 is 24.2 Å². The number of carbonyl (C=O) groups excluding carboxylic acids is 3. The fourth-order valence-corrected chi connectivity index (χ4v) is 4.13. The number of aromatic carboxylic acids is 1. The number of ether oxygens (including phenoxy) is 1. The smallest absolute Gasteiger partial charge is 0.238 e. The number of benzene rings is 1. The molecule has 6 nitrogen and oxygen atoms in total. The summed E-state index contributed by atoms with van der Waals surface area (Å²) in [5.74, 6) is -2.10. The number of carboxylic acids is 1. The summed E-state index contributed by atoms with van der Waals surface area (Å²) in [6.45, 7) is 0. The molecule has 1 aliphatic heterocycles. The number of allylic oxidation sites excluding steroid dienone is 2. The number of carbonyl (C=O) groups is 3. The van der Waals surface area contributed by atoms with Crippen molar-refractivity contribution in [2.24, 2.45) is 23.7 Å². The molecule has 6 heteroatoms. The number of nitrogens with zero attached hydrogens (tertiary/aromatic N) is 1. The van der Waals surface area contributed by atoms with E-state index in [4.69, 9.17) is 4.74 Å². The summed E-state index contributed by atoms with van der Waals surface area (Å²) in [4.78, 5) is 37.8. The van der Waals surface area contributed by atoms with Crippen molar-refractivity contribution in [1.29, 1.82) is 0 Å². The molecule has 1 aromatic carbocycles. The molecule has 2 fully saturated rings. The Morgan fingerprint density at radius 1 is 1.17 bits per heavy atom. The van der Waals surface area contributed by atoms with Crippen LogP contribution < -0.4 is 14.7 Å². The van der Waals surface area contributed by atoms with Crippen LogP contribution in [0.4, 0.5) is 5.69 Å². The van der Waals surface area contributed by atoms with Gasteiger partial charge in [0.1, 0.15) is 5.75 Å². The number of imide groups is 1. The molecule has 4 rings (SSSR count). The minimum Gasteiger partial charge on any atom is -0.545 e. The van der Waals surface area contributed by atoms with Crippen molar-refractivity contribution >= 4 is 23.5 Å². The van der Waals surface area contributed by atoms with Gasteiger partial charge < -0.3 is 14.6 Å². The number of fused-ring (bicyclic) bond motifs is 5. The summed E-state index contributed by atoms with van der Waals surface area (Å²) >= 11 is 0. The highest BCUT2D eigenvalue weighted by atomic mass is 16.5. The number of rotatable bonds is 3. The van der Waals surface area contributed by atoms with Crippen LogP contribution in [0.5, 0.6) is 5.75 Å². The van der Waals surface area contributed by atoms with Gasteiger partial charge in [-0.25, -0.2) is 4.90 Å². The number of hydrogen-bond donors (Lipinski definition) is 0. The normalized spacial score (nSPS) is 30.9. The highest BCUT2D eigenvalue weighted by Gasteiger charge is 2.59.